The molecule has 0 aliphatic rings. The van der Waals surface area contributed by atoms with E-state index in [1.54, 1.807) is 0 Å². The van der Waals surface area contributed by atoms with Crippen LogP contribution in [0.3, 0.4) is 0 Å². The molecule has 0 heterocycles. The van der Waals surface area contributed by atoms with Gasteiger partial charge in [-0.1, -0.05) is 67.6 Å². The lowest BCUT2D eigenvalue weighted by Crippen LogP contribution is -2.51. The molecule has 2 aromatic carbocycles. The van der Waals surface area contributed by atoms with Gasteiger partial charge in [-0.05, 0) is 31.0 Å². The van der Waals surface area contributed by atoms with E-state index >= 15 is 0 Å². The van der Waals surface area contributed by atoms with Crippen LogP contribution in [0, 0.1) is 0 Å². The number of nitrogens with one attached hydrogen (secondary N) is 1. The van der Waals surface area contributed by atoms with E-state index < -0.39 is 0 Å². The van der Waals surface area contributed by atoms with Crippen LogP contribution in [0.25, 0.3) is 0 Å². The van der Waals surface area contributed by atoms with E-state index in [0.717, 1.165) is 13.0 Å². The summed E-state index contributed by atoms with van der Waals surface area (Å²) in [6, 6.07) is 20.8. The molecule has 1 atom stereocenters. The van der Waals surface area contributed by atoms with Crippen molar-refractivity contribution in [1.29, 1.82) is 0 Å². The van der Waals surface area contributed by atoms with Crippen LogP contribution in [0.1, 0.15) is 37.3 Å². The Morgan fingerprint density at radius 3 is 1.81 bits per heavy atom. The Balaban J connectivity index is 2.45. The number of hydrogen-bond acceptors (Lipinski definition) is 2. The topological polar surface area (TPSA) is 32.3 Å². The summed E-state index contributed by atoms with van der Waals surface area (Å²) in [7, 11) is 0. The fraction of sp³-hybridized carbons (Fsp3) is 0.368. The molecule has 112 valence electrons. The zero-order valence-corrected chi connectivity index (χ0v) is 12.9. The minimum Gasteiger partial charge on any atom is -0.394 e. The highest BCUT2D eigenvalue weighted by Crippen LogP contribution is 2.34. The molecular weight excluding hydrogens is 258 g/mol. The highest BCUT2D eigenvalue weighted by atomic mass is 16.3. The first-order valence-electron chi connectivity index (χ1n) is 7.67. The quantitative estimate of drug-likeness (QED) is 0.814. The minimum absolute atomic E-state index is 0.0987. The molecule has 2 nitrogen and oxygen atoms in total. The molecule has 0 saturated carbocycles. The van der Waals surface area contributed by atoms with Crippen molar-refractivity contribution in [3.8, 4) is 0 Å². The van der Waals surface area contributed by atoms with Gasteiger partial charge in [-0.25, -0.2) is 0 Å². The Morgan fingerprint density at radius 2 is 1.43 bits per heavy atom. The number of rotatable bonds is 7. The van der Waals surface area contributed by atoms with Crippen LogP contribution in [0.5, 0.6) is 0 Å². The summed E-state index contributed by atoms with van der Waals surface area (Å²) < 4.78 is 0. The Kier molecular flexibility index (Phi) is 5.54. The van der Waals surface area contributed by atoms with Gasteiger partial charge < -0.3 is 10.4 Å². The number of aliphatic hydroxyl groups is 1. The van der Waals surface area contributed by atoms with Crippen molar-refractivity contribution in [2.45, 2.75) is 31.7 Å². The van der Waals surface area contributed by atoms with E-state index in [-0.39, 0.29) is 18.1 Å². The predicted octanol–water partition coefficient (Wildman–Crippen LogP) is 3.57. The van der Waals surface area contributed by atoms with Gasteiger partial charge in [-0.2, -0.15) is 0 Å². The molecule has 2 heteroatoms. The lowest BCUT2D eigenvalue weighted by molar-refractivity contribution is 0.159. The molecule has 0 aliphatic heterocycles. The lowest BCUT2D eigenvalue weighted by Gasteiger charge is -2.38. The highest BCUT2D eigenvalue weighted by Gasteiger charge is 2.35. The molecule has 2 rings (SSSR count). The normalized spacial score (nSPS) is 14.1. The van der Waals surface area contributed by atoms with Gasteiger partial charge >= 0.3 is 0 Å². The fourth-order valence-corrected chi connectivity index (χ4v) is 2.88. The molecular formula is C19H25NO. The van der Waals surface area contributed by atoms with Gasteiger partial charge in [0.1, 0.15) is 0 Å². The van der Waals surface area contributed by atoms with Crippen LogP contribution >= 0.6 is 0 Å². The van der Waals surface area contributed by atoms with E-state index in [9.17, 15) is 5.11 Å². The SMILES string of the molecule is CCCNC(C)(CO)C(c1ccccc1)c1ccccc1. The van der Waals surface area contributed by atoms with Crippen molar-refractivity contribution >= 4 is 0 Å². The summed E-state index contributed by atoms with van der Waals surface area (Å²) in [5.74, 6) is 0.122. The third kappa shape index (κ3) is 3.72. The van der Waals surface area contributed by atoms with Gasteiger partial charge in [-0.3, -0.25) is 0 Å². The molecule has 0 aliphatic carbocycles. The summed E-state index contributed by atoms with van der Waals surface area (Å²) in [5.41, 5.74) is 2.08. The Morgan fingerprint density at radius 1 is 0.952 bits per heavy atom. The fourth-order valence-electron chi connectivity index (χ4n) is 2.88. The lowest BCUT2D eigenvalue weighted by atomic mass is 9.76. The van der Waals surface area contributed by atoms with Crippen LogP contribution in [0.4, 0.5) is 0 Å². The molecule has 1 unspecified atom stereocenters. The van der Waals surface area contributed by atoms with Crippen molar-refractivity contribution in [2.75, 3.05) is 13.2 Å². The van der Waals surface area contributed by atoms with Crippen LogP contribution in [-0.2, 0) is 0 Å². The molecule has 21 heavy (non-hydrogen) atoms. The molecule has 0 radical (unpaired) electrons. The smallest absolute Gasteiger partial charge is 0.0619 e. The summed E-state index contributed by atoms with van der Waals surface area (Å²) in [4.78, 5) is 0. The average Bonchev–Trinajstić information content (AvgIpc) is 2.55. The summed E-state index contributed by atoms with van der Waals surface area (Å²) in [6.07, 6.45) is 1.05. The van der Waals surface area contributed by atoms with Crippen molar-refractivity contribution in [1.82, 2.24) is 5.32 Å². The number of hydrogen-bond donors (Lipinski definition) is 2. The van der Waals surface area contributed by atoms with E-state index in [1.165, 1.54) is 11.1 Å². The van der Waals surface area contributed by atoms with Crippen LogP contribution in [-0.4, -0.2) is 23.8 Å². The van der Waals surface area contributed by atoms with Gasteiger partial charge in [0.25, 0.3) is 0 Å². The zero-order valence-electron chi connectivity index (χ0n) is 12.9. The Hall–Kier alpha value is -1.64. The van der Waals surface area contributed by atoms with Gasteiger partial charge in [0, 0.05) is 11.5 Å². The third-order valence-electron chi connectivity index (χ3n) is 4.01. The van der Waals surface area contributed by atoms with Crippen molar-refractivity contribution in [3.63, 3.8) is 0 Å². The first kappa shape index (κ1) is 15.7. The average molecular weight is 283 g/mol. The second kappa shape index (κ2) is 7.39. The maximum Gasteiger partial charge on any atom is 0.0619 e. The molecule has 2 aromatic rings. The number of benzene rings is 2. The molecule has 0 fully saturated rings. The molecule has 0 aromatic heterocycles. The Labute approximate surface area is 127 Å². The van der Waals surface area contributed by atoms with Gasteiger partial charge in [0.2, 0.25) is 0 Å². The summed E-state index contributed by atoms with van der Waals surface area (Å²) >= 11 is 0. The second-order valence-electron chi connectivity index (χ2n) is 5.76. The van der Waals surface area contributed by atoms with Crippen LogP contribution in [0.15, 0.2) is 60.7 Å². The van der Waals surface area contributed by atoms with Crippen LogP contribution < -0.4 is 5.32 Å². The van der Waals surface area contributed by atoms with Gasteiger partial charge in [0.15, 0.2) is 0 Å². The minimum atomic E-state index is -0.376. The standard InChI is InChI=1S/C19H25NO/c1-3-14-20-19(2,15-21)18(16-10-6-4-7-11-16)17-12-8-5-9-13-17/h4-13,18,20-21H,3,14-15H2,1-2H3. The maximum absolute atomic E-state index is 10.0. The molecule has 2 N–H and O–H groups in total. The second-order valence-corrected chi connectivity index (χ2v) is 5.76. The van der Waals surface area contributed by atoms with Crippen molar-refractivity contribution < 1.29 is 5.11 Å². The van der Waals surface area contributed by atoms with Gasteiger partial charge in [-0.15, -0.1) is 0 Å². The first-order chi connectivity index (χ1) is 10.2. The van der Waals surface area contributed by atoms with Crippen molar-refractivity contribution in [2.24, 2.45) is 0 Å². The monoisotopic (exact) mass is 283 g/mol. The largest absolute Gasteiger partial charge is 0.394 e. The zero-order chi connectivity index (χ0) is 15.1. The third-order valence-corrected chi connectivity index (χ3v) is 4.01. The van der Waals surface area contributed by atoms with E-state index in [2.05, 4.69) is 67.7 Å². The van der Waals surface area contributed by atoms with E-state index in [4.69, 9.17) is 0 Å². The number of aliphatic hydroxyl groups excluding tert-OH is 1. The summed E-state index contributed by atoms with van der Waals surface area (Å²) in [6.45, 7) is 5.24. The summed E-state index contributed by atoms with van der Waals surface area (Å²) in [5, 5.41) is 13.6. The van der Waals surface area contributed by atoms with Crippen molar-refractivity contribution in [3.05, 3.63) is 71.8 Å². The molecule has 0 bridgehead atoms. The van der Waals surface area contributed by atoms with E-state index in [1.807, 2.05) is 12.1 Å². The highest BCUT2D eigenvalue weighted by molar-refractivity contribution is 5.36. The Bertz CT molecular complexity index is 486. The molecule has 0 spiro atoms. The molecule has 0 saturated heterocycles. The van der Waals surface area contributed by atoms with Gasteiger partial charge in [0.05, 0.1) is 6.61 Å². The van der Waals surface area contributed by atoms with E-state index in [0.29, 0.717) is 0 Å². The maximum atomic E-state index is 10.0. The molecule has 0 amide bonds. The predicted molar refractivity (Wildman–Crippen MR) is 88.5 cm³/mol. The first-order valence-corrected chi connectivity index (χ1v) is 7.67. The van der Waals surface area contributed by atoms with Crippen LogP contribution in [0.2, 0.25) is 0 Å².